The predicted molar refractivity (Wildman–Crippen MR) is 80.2 cm³/mol. The van der Waals surface area contributed by atoms with Crippen LogP contribution in [0.5, 0.6) is 0 Å². The van der Waals surface area contributed by atoms with Crippen molar-refractivity contribution in [2.75, 3.05) is 6.54 Å². The molecule has 1 aromatic heterocycles. The molecule has 2 aromatic rings. The lowest BCUT2D eigenvalue weighted by Gasteiger charge is -2.16. The smallest absolute Gasteiger partial charge is 0.173 e. The van der Waals surface area contributed by atoms with Gasteiger partial charge in [0.2, 0.25) is 0 Å². The molecule has 6 heteroatoms. The molecule has 0 aliphatic carbocycles. The zero-order valence-electron chi connectivity index (χ0n) is 12.3. The van der Waals surface area contributed by atoms with Crippen molar-refractivity contribution in [3.05, 3.63) is 34.6 Å². The first-order chi connectivity index (χ1) is 9.50. The van der Waals surface area contributed by atoms with Crippen molar-refractivity contribution in [2.24, 2.45) is 5.92 Å². The SMILES string of the molecule is Cc1c(Cl)cccc1-n1nnnc1C(C)NCC(C)C. The van der Waals surface area contributed by atoms with Crippen molar-refractivity contribution in [1.29, 1.82) is 0 Å². The molecule has 0 radical (unpaired) electrons. The summed E-state index contributed by atoms with van der Waals surface area (Å²) in [6, 6.07) is 5.81. The zero-order chi connectivity index (χ0) is 14.7. The Hall–Kier alpha value is -1.46. The standard InChI is InChI=1S/C14H20ClN5/c1-9(2)8-16-11(4)14-17-18-19-20(14)13-7-5-6-12(15)10(13)3/h5-7,9,11,16H,8H2,1-4H3. The summed E-state index contributed by atoms with van der Waals surface area (Å²) in [4.78, 5) is 0. The zero-order valence-corrected chi connectivity index (χ0v) is 13.0. The maximum absolute atomic E-state index is 6.17. The fraction of sp³-hybridized carbons (Fsp3) is 0.500. The van der Waals surface area contributed by atoms with E-state index >= 15 is 0 Å². The third kappa shape index (κ3) is 3.16. The van der Waals surface area contributed by atoms with Gasteiger partial charge in [-0.25, -0.2) is 0 Å². The van der Waals surface area contributed by atoms with Crippen molar-refractivity contribution in [3.8, 4) is 5.69 Å². The molecular formula is C14H20ClN5. The van der Waals surface area contributed by atoms with Gasteiger partial charge >= 0.3 is 0 Å². The number of hydrogen-bond donors (Lipinski definition) is 1. The van der Waals surface area contributed by atoms with Crippen molar-refractivity contribution in [3.63, 3.8) is 0 Å². The summed E-state index contributed by atoms with van der Waals surface area (Å²) in [5, 5.41) is 16.2. The third-order valence-corrected chi connectivity index (χ3v) is 3.59. The minimum atomic E-state index is 0.0748. The van der Waals surface area contributed by atoms with Crippen molar-refractivity contribution < 1.29 is 0 Å². The van der Waals surface area contributed by atoms with Gasteiger partial charge in [0.15, 0.2) is 5.82 Å². The number of nitrogens with zero attached hydrogens (tertiary/aromatic N) is 4. The maximum atomic E-state index is 6.17. The van der Waals surface area contributed by atoms with Gasteiger partial charge in [-0.1, -0.05) is 31.5 Å². The van der Waals surface area contributed by atoms with Gasteiger partial charge in [0.05, 0.1) is 11.7 Å². The van der Waals surface area contributed by atoms with Gasteiger partial charge < -0.3 is 5.32 Å². The molecule has 1 aromatic carbocycles. The minimum Gasteiger partial charge on any atom is -0.307 e. The van der Waals surface area contributed by atoms with Crippen LogP contribution in [0.4, 0.5) is 0 Å². The highest BCUT2D eigenvalue weighted by Crippen LogP contribution is 2.23. The molecule has 0 bridgehead atoms. The third-order valence-electron chi connectivity index (χ3n) is 3.18. The van der Waals surface area contributed by atoms with Crippen LogP contribution < -0.4 is 5.32 Å². The van der Waals surface area contributed by atoms with Gasteiger partial charge in [-0.05, 0) is 54.4 Å². The number of nitrogens with one attached hydrogen (secondary N) is 1. The Morgan fingerprint density at radius 2 is 2.05 bits per heavy atom. The summed E-state index contributed by atoms with van der Waals surface area (Å²) in [6.07, 6.45) is 0. The molecule has 1 unspecified atom stereocenters. The number of hydrogen-bond acceptors (Lipinski definition) is 4. The van der Waals surface area contributed by atoms with Crippen LogP contribution in [0.1, 0.15) is 38.2 Å². The second-order valence-electron chi connectivity index (χ2n) is 5.36. The molecule has 1 heterocycles. The summed E-state index contributed by atoms with van der Waals surface area (Å²) in [6.45, 7) is 9.29. The maximum Gasteiger partial charge on any atom is 0.173 e. The minimum absolute atomic E-state index is 0.0748. The Morgan fingerprint density at radius 3 is 2.75 bits per heavy atom. The number of aromatic nitrogens is 4. The van der Waals surface area contributed by atoms with Gasteiger partial charge in [0.25, 0.3) is 0 Å². The molecule has 5 nitrogen and oxygen atoms in total. The summed E-state index contributed by atoms with van der Waals surface area (Å²) in [7, 11) is 0. The first-order valence-corrected chi connectivity index (χ1v) is 7.15. The highest BCUT2D eigenvalue weighted by molar-refractivity contribution is 6.31. The normalized spacial score (nSPS) is 12.9. The Labute approximate surface area is 124 Å². The fourth-order valence-electron chi connectivity index (χ4n) is 1.96. The Kier molecular flexibility index (Phi) is 4.73. The van der Waals surface area contributed by atoms with E-state index in [-0.39, 0.29) is 6.04 Å². The Morgan fingerprint density at radius 1 is 1.30 bits per heavy atom. The van der Waals surface area contributed by atoms with Crippen LogP contribution in [-0.4, -0.2) is 26.8 Å². The van der Waals surface area contributed by atoms with E-state index in [9.17, 15) is 0 Å². The topological polar surface area (TPSA) is 55.6 Å². The molecule has 0 amide bonds. The average molecular weight is 294 g/mol. The van der Waals surface area contributed by atoms with Crippen LogP contribution in [0.25, 0.3) is 5.69 Å². The number of benzene rings is 1. The molecule has 1 atom stereocenters. The number of rotatable bonds is 5. The van der Waals surface area contributed by atoms with Crippen LogP contribution in [0, 0.1) is 12.8 Å². The van der Waals surface area contributed by atoms with Gasteiger partial charge in [-0.3, -0.25) is 0 Å². The number of tetrazole rings is 1. The molecule has 0 saturated carbocycles. The lowest BCUT2D eigenvalue weighted by molar-refractivity contribution is 0.475. The quantitative estimate of drug-likeness (QED) is 0.921. The van der Waals surface area contributed by atoms with E-state index in [2.05, 4.69) is 41.6 Å². The molecule has 20 heavy (non-hydrogen) atoms. The van der Waals surface area contributed by atoms with E-state index in [0.29, 0.717) is 10.9 Å². The first-order valence-electron chi connectivity index (χ1n) is 6.78. The van der Waals surface area contributed by atoms with Gasteiger partial charge in [-0.2, -0.15) is 4.68 Å². The van der Waals surface area contributed by atoms with E-state index < -0.39 is 0 Å². The Bertz CT molecular complexity index is 579. The largest absolute Gasteiger partial charge is 0.307 e. The fourth-order valence-corrected chi connectivity index (χ4v) is 2.13. The highest BCUT2D eigenvalue weighted by atomic mass is 35.5. The van der Waals surface area contributed by atoms with E-state index in [4.69, 9.17) is 11.6 Å². The van der Waals surface area contributed by atoms with E-state index in [1.54, 1.807) is 4.68 Å². The average Bonchev–Trinajstić information content (AvgIpc) is 2.88. The first kappa shape index (κ1) is 14.9. The van der Waals surface area contributed by atoms with Gasteiger partial charge in [0.1, 0.15) is 0 Å². The molecule has 0 aliphatic rings. The van der Waals surface area contributed by atoms with Crippen molar-refractivity contribution in [2.45, 2.75) is 33.7 Å². The monoisotopic (exact) mass is 293 g/mol. The summed E-state index contributed by atoms with van der Waals surface area (Å²) >= 11 is 6.17. The van der Waals surface area contributed by atoms with E-state index in [0.717, 1.165) is 23.6 Å². The van der Waals surface area contributed by atoms with Crippen LogP contribution >= 0.6 is 11.6 Å². The van der Waals surface area contributed by atoms with Crippen LogP contribution in [-0.2, 0) is 0 Å². The highest BCUT2D eigenvalue weighted by Gasteiger charge is 2.17. The molecule has 0 saturated heterocycles. The molecule has 0 spiro atoms. The van der Waals surface area contributed by atoms with Crippen LogP contribution in [0.3, 0.4) is 0 Å². The second-order valence-corrected chi connectivity index (χ2v) is 5.76. The lowest BCUT2D eigenvalue weighted by atomic mass is 10.2. The Balaban J connectivity index is 2.30. The predicted octanol–water partition coefficient (Wildman–Crippen LogP) is 2.93. The summed E-state index contributed by atoms with van der Waals surface area (Å²) in [5.74, 6) is 1.37. The van der Waals surface area contributed by atoms with E-state index in [1.165, 1.54) is 0 Å². The molecular weight excluding hydrogens is 274 g/mol. The molecule has 0 fully saturated rings. The summed E-state index contributed by atoms with van der Waals surface area (Å²) in [5.41, 5.74) is 1.88. The molecule has 1 N–H and O–H groups in total. The van der Waals surface area contributed by atoms with Crippen molar-refractivity contribution >= 4 is 11.6 Å². The van der Waals surface area contributed by atoms with Gasteiger partial charge in [0, 0.05) is 5.02 Å². The molecule has 0 aliphatic heterocycles. The van der Waals surface area contributed by atoms with E-state index in [1.807, 2.05) is 25.1 Å². The lowest BCUT2D eigenvalue weighted by Crippen LogP contribution is -2.26. The summed E-state index contributed by atoms with van der Waals surface area (Å²) < 4.78 is 1.75. The van der Waals surface area contributed by atoms with Crippen molar-refractivity contribution in [1.82, 2.24) is 25.5 Å². The van der Waals surface area contributed by atoms with Gasteiger partial charge in [-0.15, -0.1) is 5.10 Å². The second kappa shape index (κ2) is 6.33. The molecule has 108 valence electrons. The number of halogens is 1. The molecule has 2 rings (SSSR count). The van der Waals surface area contributed by atoms with Crippen LogP contribution in [0.15, 0.2) is 18.2 Å². The van der Waals surface area contributed by atoms with Crippen LogP contribution in [0.2, 0.25) is 5.02 Å².